The van der Waals surface area contributed by atoms with Gasteiger partial charge in [-0.2, -0.15) is 0 Å². The Morgan fingerprint density at radius 2 is 1.78 bits per heavy atom. The number of carbonyl (C=O) groups excluding carboxylic acids is 2. The van der Waals surface area contributed by atoms with E-state index < -0.39 is 0 Å². The van der Waals surface area contributed by atoms with Crippen LogP contribution in [0.1, 0.15) is 33.7 Å². The highest BCUT2D eigenvalue weighted by atomic mass is 16.2. The Labute approximate surface area is 157 Å². The molecule has 27 heavy (non-hydrogen) atoms. The lowest BCUT2D eigenvalue weighted by atomic mass is 10.0. The fourth-order valence-corrected chi connectivity index (χ4v) is 3.67. The molecular formula is C21H22N4O2. The molecule has 2 amide bonds. The first-order valence-corrected chi connectivity index (χ1v) is 9.18. The van der Waals surface area contributed by atoms with Gasteiger partial charge in [-0.25, -0.2) is 0 Å². The topological polar surface area (TPSA) is 67.2 Å². The standard InChI is InChI=1S/C21H22N4O2/c1-24-18-5-3-2-4-16(18)14-19(24)20(26)23-17-8-12-25(13-9-17)21(27)15-6-10-22-11-7-15/h2-7,10-11,14,17H,8-9,12-13H2,1H3,(H,23,26). The number of hydrogen-bond acceptors (Lipinski definition) is 3. The second kappa shape index (κ2) is 7.23. The number of nitrogens with zero attached hydrogens (tertiary/aromatic N) is 3. The average molecular weight is 362 g/mol. The zero-order chi connectivity index (χ0) is 18.8. The minimum absolute atomic E-state index is 0.0239. The number of amides is 2. The highest BCUT2D eigenvalue weighted by molar-refractivity contribution is 5.99. The number of hydrogen-bond donors (Lipinski definition) is 1. The Morgan fingerprint density at radius 3 is 2.48 bits per heavy atom. The average Bonchev–Trinajstić information content (AvgIpc) is 3.06. The van der Waals surface area contributed by atoms with Crippen molar-refractivity contribution in [3.63, 3.8) is 0 Å². The molecule has 138 valence electrons. The van der Waals surface area contributed by atoms with Crippen molar-refractivity contribution in [3.05, 3.63) is 66.1 Å². The number of aromatic nitrogens is 2. The third-order valence-corrected chi connectivity index (χ3v) is 5.23. The molecule has 6 heteroatoms. The minimum Gasteiger partial charge on any atom is -0.348 e. The number of piperidine rings is 1. The lowest BCUT2D eigenvalue weighted by molar-refractivity contribution is 0.0697. The van der Waals surface area contributed by atoms with Crippen molar-refractivity contribution >= 4 is 22.7 Å². The fraction of sp³-hybridized carbons (Fsp3) is 0.286. The van der Waals surface area contributed by atoms with E-state index in [1.54, 1.807) is 24.5 Å². The van der Waals surface area contributed by atoms with Gasteiger partial charge < -0.3 is 14.8 Å². The molecule has 0 bridgehead atoms. The predicted molar refractivity (Wildman–Crippen MR) is 104 cm³/mol. The van der Waals surface area contributed by atoms with E-state index in [9.17, 15) is 9.59 Å². The third kappa shape index (κ3) is 3.43. The first-order valence-electron chi connectivity index (χ1n) is 9.18. The van der Waals surface area contributed by atoms with Gasteiger partial charge in [0.1, 0.15) is 5.69 Å². The van der Waals surface area contributed by atoms with Crippen molar-refractivity contribution in [2.24, 2.45) is 7.05 Å². The van der Waals surface area contributed by atoms with E-state index in [0.29, 0.717) is 24.3 Å². The van der Waals surface area contributed by atoms with Crippen LogP contribution in [0.2, 0.25) is 0 Å². The molecule has 1 fully saturated rings. The van der Waals surface area contributed by atoms with Crippen molar-refractivity contribution in [1.29, 1.82) is 0 Å². The van der Waals surface area contributed by atoms with Gasteiger partial charge in [0.15, 0.2) is 0 Å². The van der Waals surface area contributed by atoms with Crippen molar-refractivity contribution < 1.29 is 9.59 Å². The molecule has 0 unspecified atom stereocenters. The normalized spacial score (nSPS) is 15.1. The maximum atomic E-state index is 12.7. The smallest absolute Gasteiger partial charge is 0.268 e. The summed E-state index contributed by atoms with van der Waals surface area (Å²) in [5.74, 6) is -0.0385. The summed E-state index contributed by atoms with van der Waals surface area (Å²) in [6, 6.07) is 13.4. The summed E-state index contributed by atoms with van der Waals surface area (Å²) >= 11 is 0. The summed E-state index contributed by atoms with van der Waals surface area (Å²) in [6.07, 6.45) is 4.77. The maximum absolute atomic E-state index is 12.7. The molecule has 1 aliphatic rings. The summed E-state index contributed by atoms with van der Waals surface area (Å²) in [7, 11) is 1.91. The number of nitrogens with one attached hydrogen (secondary N) is 1. The molecule has 0 radical (unpaired) electrons. The summed E-state index contributed by atoms with van der Waals surface area (Å²) in [6.45, 7) is 1.28. The van der Waals surface area contributed by atoms with Crippen LogP contribution in [0.5, 0.6) is 0 Å². The highest BCUT2D eigenvalue weighted by Crippen LogP contribution is 2.19. The van der Waals surface area contributed by atoms with E-state index in [4.69, 9.17) is 0 Å². The maximum Gasteiger partial charge on any atom is 0.268 e. The molecule has 0 spiro atoms. The van der Waals surface area contributed by atoms with Gasteiger partial charge in [0.2, 0.25) is 0 Å². The van der Waals surface area contributed by atoms with Crippen LogP contribution in [-0.4, -0.2) is 45.4 Å². The summed E-state index contributed by atoms with van der Waals surface area (Å²) in [5, 5.41) is 4.19. The Kier molecular flexibility index (Phi) is 4.62. The molecule has 1 aliphatic heterocycles. The van der Waals surface area contributed by atoms with Gasteiger partial charge in [0, 0.05) is 55.0 Å². The van der Waals surface area contributed by atoms with Crippen LogP contribution < -0.4 is 5.32 Å². The first-order chi connectivity index (χ1) is 13.1. The van der Waals surface area contributed by atoms with Crippen molar-refractivity contribution in [2.45, 2.75) is 18.9 Å². The molecule has 0 atom stereocenters. The number of likely N-dealkylation sites (tertiary alicyclic amines) is 1. The van der Waals surface area contributed by atoms with E-state index in [2.05, 4.69) is 10.3 Å². The SMILES string of the molecule is Cn1c(C(=O)NC2CCN(C(=O)c3ccncc3)CC2)cc2ccccc21. The van der Waals surface area contributed by atoms with Crippen molar-refractivity contribution in [2.75, 3.05) is 13.1 Å². The number of pyridine rings is 1. The van der Waals surface area contributed by atoms with E-state index in [0.717, 1.165) is 23.7 Å². The van der Waals surface area contributed by atoms with Gasteiger partial charge in [-0.15, -0.1) is 0 Å². The van der Waals surface area contributed by atoms with Crippen LogP contribution in [0.15, 0.2) is 54.9 Å². The van der Waals surface area contributed by atoms with Gasteiger partial charge in [0.05, 0.1) is 0 Å². The second-order valence-corrected chi connectivity index (χ2v) is 6.92. The van der Waals surface area contributed by atoms with Gasteiger partial charge in [-0.1, -0.05) is 18.2 Å². The Bertz CT molecular complexity index is 972. The number of rotatable bonds is 3. The summed E-state index contributed by atoms with van der Waals surface area (Å²) in [5.41, 5.74) is 2.36. The van der Waals surface area contributed by atoms with Crippen LogP contribution in [0.3, 0.4) is 0 Å². The zero-order valence-corrected chi connectivity index (χ0v) is 15.3. The third-order valence-electron chi connectivity index (χ3n) is 5.23. The zero-order valence-electron chi connectivity index (χ0n) is 15.3. The number of aryl methyl sites for hydroxylation is 1. The van der Waals surface area contributed by atoms with Gasteiger partial charge in [-0.05, 0) is 37.1 Å². The van der Waals surface area contributed by atoms with Gasteiger partial charge in [0.25, 0.3) is 11.8 Å². The highest BCUT2D eigenvalue weighted by Gasteiger charge is 2.25. The first kappa shape index (κ1) is 17.3. The van der Waals surface area contributed by atoms with Crippen molar-refractivity contribution in [1.82, 2.24) is 19.8 Å². The predicted octanol–water partition coefficient (Wildman–Crippen LogP) is 2.61. The molecule has 1 N–H and O–H groups in total. The van der Waals surface area contributed by atoms with E-state index in [-0.39, 0.29) is 17.9 Å². The van der Waals surface area contributed by atoms with Crippen LogP contribution >= 0.6 is 0 Å². The lowest BCUT2D eigenvalue weighted by Crippen LogP contribution is -2.46. The molecule has 6 nitrogen and oxygen atoms in total. The largest absolute Gasteiger partial charge is 0.348 e. The Balaban J connectivity index is 1.38. The molecule has 2 aromatic heterocycles. The number of benzene rings is 1. The quantitative estimate of drug-likeness (QED) is 0.779. The fourth-order valence-electron chi connectivity index (χ4n) is 3.67. The molecule has 1 saturated heterocycles. The second-order valence-electron chi connectivity index (χ2n) is 6.92. The number of carbonyl (C=O) groups is 2. The monoisotopic (exact) mass is 362 g/mol. The molecule has 1 aromatic carbocycles. The Morgan fingerprint density at radius 1 is 1.07 bits per heavy atom. The van der Waals surface area contributed by atoms with Crippen LogP contribution in [0.4, 0.5) is 0 Å². The van der Waals surface area contributed by atoms with Crippen LogP contribution in [0, 0.1) is 0 Å². The van der Waals surface area contributed by atoms with E-state index in [1.807, 2.05) is 46.8 Å². The molecule has 3 heterocycles. The number of para-hydroxylation sites is 1. The van der Waals surface area contributed by atoms with Crippen molar-refractivity contribution in [3.8, 4) is 0 Å². The number of fused-ring (bicyclic) bond motifs is 1. The molecular weight excluding hydrogens is 340 g/mol. The van der Waals surface area contributed by atoms with Gasteiger partial charge >= 0.3 is 0 Å². The Hall–Kier alpha value is -3.15. The lowest BCUT2D eigenvalue weighted by Gasteiger charge is -2.32. The minimum atomic E-state index is -0.0624. The van der Waals surface area contributed by atoms with E-state index >= 15 is 0 Å². The summed E-state index contributed by atoms with van der Waals surface area (Å²) in [4.78, 5) is 31.0. The van der Waals surface area contributed by atoms with Gasteiger partial charge in [-0.3, -0.25) is 14.6 Å². The molecule has 0 saturated carbocycles. The van der Waals surface area contributed by atoms with E-state index in [1.165, 1.54) is 0 Å². The molecule has 0 aliphatic carbocycles. The summed E-state index contributed by atoms with van der Waals surface area (Å²) < 4.78 is 1.92. The van der Waals surface area contributed by atoms with Crippen LogP contribution in [0.25, 0.3) is 10.9 Å². The van der Waals surface area contributed by atoms with Crippen LogP contribution in [-0.2, 0) is 7.05 Å². The molecule has 4 rings (SSSR count). The molecule has 3 aromatic rings.